The summed E-state index contributed by atoms with van der Waals surface area (Å²) in [6.45, 7) is 6.76. The van der Waals surface area contributed by atoms with Crippen molar-refractivity contribution in [3.8, 4) is 0 Å². The number of β-amino-alcohol motifs (C(OH)–C–C–N with tert-alkyl or cyclic N) is 1. The molecule has 3 N–H and O–H groups in total. The molecule has 1 aromatic carbocycles. The summed E-state index contributed by atoms with van der Waals surface area (Å²) in [4.78, 5) is 14.4. The molecule has 1 aliphatic rings. The van der Waals surface area contributed by atoms with Crippen LogP contribution in [0.1, 0.15) is 39.2 Å². The highest BCUT2D eigenvalue weighted by atomic mass is 16.3. The lowest BCUT2D eigenvalue weighted by Gasteiger charge is -2.49. The number of carbonyl (C=O) groups excluding carboxylic acids is 1. The standard InChI is InChI=1S/C16H24N2O2/c1-4-9-16(20)10-18(11-16)14(19)15(2,3)12-5-7-13(17)8-6-12/h5-8,20H,4,9-11,17H2,1-3H3. The summed E-state index contributed by atoms with van der Waals surface area (Å²) < 4.78 is 0. The molecule has 0 bridgehead atoms. The van der Waals surface area contributed by atoms with Crippen molar-refractivity contribution >= 4 is 11.6 Å². The Hall–Kier alpha value is -1.55. The van der Waals surface area contributed by atoms with E-state index < -0.39 is 11.0 Å². The van der Waals surface area contributed by atoms with Gasteiger partial charge in [-0.15, -0.1) is 0 Å². The van der Waals surface area contributed by atoms with Crippen LogP contribution in [0.25, 0.3) is 0 Å². The number of likely N-dealkylation sites (tertiary alicyclic amines) is 1. The first-order valence-corrected chi connectivity index (χ1v) is 7.16. The van der Waals surface area contributed by atoms with Gasteiger partial charge in [-0.3, -0.25) is 4.79 Å². The second-order valence-corrected chi connectivity index (χ2v) is 6.38. The number of amides is 1. The fourth-order valence-corrected chi connectivity index (χ4v) is 2.85. The maximum atomic E-state index is 12.6. The summed E-state index contributed by atoms with van der Waals surface area (Å²) in [6, 6.07) is 7.41. The highest BCUT2D eigenvalue weighted by molar-refractivity contribution is 5.88. The van der Waals surface area contributed by atoms with Crippen LogP contribution in [-0.4, -0.2) is 34.6 Å². The maximum absolute atomic E-state index is 12.6. The normalized spacial score (nSPS) is 17.7. The van der Waals surface area contributed by atoms with Crippen molar-refractivity contribution in [3.05, 3.63) is 29.8 Å². The quantitative estimate of drug-likeness (QED) is 0.826. The van der Waals surface area contributed by atoms with Crippen LogP contribution in [0.5, 0.6) is 0 Å². The van der Waals surface area contributed by atoms with Gasteiger partial charge in [-0.2, -0.15) is 0 Å². The van der Waals surface area contributed by atoms with E-state index in [1.807, 2.05) is 45.0 Å². The molecule has 0 radical (unpaired) electrons. The highest BCUT2D eigenvalue weighted by Gasteiger charge is 2.46. The Balaban J connectivity index is 2.07. The van der Waals surface area contributed by atoms with E-state index in [1.54, 1.807) is 4.90 Å². The first kappa shape index (κ1) is 14.9. The molecule has 0 aromatic heterocycles. The molecule has 0 spiro atoms. The van der Waals surface area contributed by atoms with Crippen LogP contribution < -0.4 is 5.73 Å². The number of rotatable bonds is 4. The lowest BCUT2D eigenvalue weighted by molar-refractivity contribution is -0.161. The van der Waals surface area contributed by atoms with Crippen LogP contribution in [0.2, 0.25) is 0 Å². The Morgan fingerprint density at radius 1 is 1.35 bits per heavy atom. The van der Waals surface area contributed by atoms with Crippen molar-refractivity contribution in [3.63, 3.8) is 0 Å². The second-order valence-electron chi connectivity index (χ2n) is 6.38. The van der Waals surface area contributed by atoms with E-state index in [9.17, 15) is 9.90 Å². The van der Waals surface area contributed by atoms with E-state index in [0.29, 0.717) is 18.8 Å². The van der Waals surface area contributed by atoms with Gasteiger partial charge in [0.05, 0.1) is 24.1 Å². The van der Waals surface area contributed by atoms with Gasteiger partial charge in [-0.1, -0.05) is 25.5 Å². The van der Waals surface area contributed by atoms with Gasteiger partial charge < -0.3 is 15.7 Å². The molecular weight excluding hydrogens is 252 g/mol. The van der Waals surface area contributed by atoms with E-state index in [0.717, 1.165) is 18.4 Å². The minimum absolute atomic E-state index is 0.0584. The molecule has 1 aromatic rings. The van der Waals surface area contributed by atoms with Crippen LogP contribution in [0.4, 0.5) is 5.69 Å². The number of hydrogen-bond donors (Lipinski definition) is 2. The first-order valence-electron chi connectivity index (χ1n) is 7.16. The van der Waals surface area contributed by atoms with Crippen molar-refractivity contribution in [2.24, 2.45) is 0 Å². The van der Waals surface area contributed by atoms with Crippen LogP contribution >= 0.6 is 0 Å². The number of hydrogen-bond acceptors (Lipinski definition) is 3. The number of nitrogens with zero attached hydrogens (tertiary/aromatic N) is 1. The van der Waals surface area contributed by atoms with Crippen LogP contribution in [0.3, 0.4) is 0 Å². The lowest BCUT2D eigenvalue weighted by Crippen LogP contribution is -2.65. The molecule has 0 atom stereocenters. The molecule has 1 heterocycles. The molecule has 1 saturated heterocycles. The van der Waals surface area contributed by atoms with E-state index in [1.165, 1.54) is 0 Å². The van der Waals surface area contributed by atoms with E-state index in [-0.39, 0.29) is 5.91 Å². The van der Waals surface area contributed by atoms with Gasteiger partial charge in [0.1, 0.15) is 0 Å². The number of nitrogen functional groups attached to an aromatic ring is 1. The van der Waals surface area contributed by atoms with Gasteiger partial charge in [-0.25, -0.2) is 0 Å². The molecule has 2 rings (SSSR count). The van der Waals surface area contributed by atoms with Gasteiger partial charge in [0.15, 0.2) is 0 Å². The lowest BCUT2D eigenvalue weighted by atomic mass is 9.80. The van der Waals surface area contributed by atoms with Gasteiger partial charge >= 0.3 is 0 Å². The molecule has 4 heteroatoms. The predicted molar refractivity (Wildman–Crippen MR) is 80.3 cm³/mol. The second kappa shape index (κ2) is 5.09. The Bertz CT molecular complexity index is 488. The number of benzene rings is 1. The van der Waals surface area contributed by atoms with Crippen LogP contribution in [0, 0.1) is 0 Å². The predicted octanol–water partition coefficient (Wildman–Crippen LogP) is 1.92. The highest BCUT2D eigenvalue weighted by Crippen LogP contribution is 2.32. The zero-order chi connectivity index (χ0) is 15.0. The van der Waals surface area contributed by atoms with Gasteiger partial charge in [0, 0.05) is 5.69 Å². The molecule has 1 fully saturated rings. The first-order chi connectivity index (χ1) is 9.28. The SMILES string of the molecule is CCCC1(O)CN(C(=O)C(C)(C)c2ccc(N)cc2)C1. The third-order valence-electron chi connectivity index (χ3n) is 4.14. The Morgan fingerprint density at radius 2 is 1.90 bits per heavy atom. The Labute approximate surface area is 120 Å². The fourth-order valence-electron chi connectivity index (χ4n) is 2.85. The zero-order valence-electron chi connectivity index (χ0n) is 12.5. The number of aliphatic hydroxyl groups is 1. The van der Waals surface area contributed by atoms with Crippen molar-refractivity contribution in [1.82, 2.24) is 4.90 Å². The molecular formula is C16H24N2O2. The summed E-state index contributed by atoms with van der Waals surface area (Å²) in [5.41, 5.74) is 6.05. The monoisotopic (exact) mass is 276 g/mol. The molecule has 0 saturated carbocycles. The smallest absolute Gasteiger partial charge is 0.232 e. The third kappa shape index (κ3) is 2.66. The Kier molecular flexibility index (Phi) is 3.78. The molecule has 0 unspecified atom stereocenters. The number of anilines is 1. The summed E-state index contributed by atoms with van der Waals surface area (Å²) in [5.74, 6) is 0.0584. The third-order valence-corrected chi connectivity index (χ3v) is 4.14. The average molecular weight is 276 g/mol. The van der Waals surface area contributed by atoms with E-state index in [2.05, 4.69) is 0 Å². The molecule has 1 aliphatic heterocycles. The fraction of sp³-hybridized carbons (Fsp3) is 0.562. The summed E-state index contributed by atoms with van der Waals surface area (Å²) in [6.07, 6.45) is 1.68. The number of carbonyl (C=O) groups is 1. The maximum Gasteiger partial charge on any atom is 0.232 e. The average Bonchev–Trinajstić information content (AvgIpc) is 2.35. The van der Waals surface area contributed by atoms with Crippen molar-refractivity contribution < 1.29 is 9.90 Å². The summed E-state index contributed by atoms with van der Waals surface area (Å²) in [5, 5.41) is 10.2. The van der Waals surface area contributed by atoms with E-state index >= 15 is 0 Å². The molecule has 4 nitrogen and oxygen atoms in total. The molecule has 0 aliphatic carbocycles. The zero-order valence-corrected chi connectivity index (χ0v) is 12.5. The molecule has 110 valence electrons. The van der Waals surface area contributed by atoms with Crippen molar-refractivity contribution in [1.29, 1.82) is 0 Å². The van der Waals surface area contributed by atoms with E-state index in [4.69, 9.17) is 5.73 Å². The minimum atomic E-state index is -0.679. The molecule has 20 heavy (non-hydrogen) atoms. The largest absolute Gasteiger partial charge is 0.399 e. The minimum Gasteiger partial charge on any atom is -0.399 e. The number of nitrogens with two attached hydrogens (primary N) is 1. The van der Waals surface area contributed by atoms with Crippen molar-refractivity contribution in [2.75, 3.05) is 18.8 Å². The van der Waals surface area contributed by atoms with Gasteiger partial charge in [0.25, 0.3) is 0 Å². The topological polar surface area (TPSA) is 66.6 Å². The molecule has 1 amide bonds. The van der Waals surface area contributed by atoms with Gasteiger partial charge in [0.2, 0.25) is 5.91 Å². The van der Waals surface area contributed by atoms with Crippen LogP contribution in [-0.2, 0) is 10.2 Å². The Morgan fingerprint density at radius 3 is 2.40 bits per heavy atom. The summed E-state index contributed by atoms with van der Waals surface area (Å²) in [7, 11) is 0. The van der Waals surface area contributed by atoms with Gasteiger partial charge in [-0.05, 0) is 38.0 Å². The summed E-state index contributed by atoms with van der Waals surface area (Å²) >= 11 is 0. The van der Waals surface area contributed by atoms with Crippen molar-refractivity contribution in [2.45, 2.75) is 44.6 Å². The van der Waals surface area contributed by atoms with Crippen LogP contribution in [0.15, 0.2) is 24.3 Å².